The Morgan fingerprint density at radius 2 is 2.06 bits per heavy atom. The number of carbonyl (C=O) groups is 1. The lowest BCUT2D eigenvalue weighted by Gasteiger charge is -1.89. The second-order valence-corrected chi connectivity index (χ2v) is 3.44. The van der Waals surface area contributed by atoms with E-state index >= 15 is 0 Å². The van der Waals surface area contributed by atoms with Crippen LogP contribution in [0.15, 0.2) is 30.5 Å². The number of ether oxygens (including phenoxy) is 1. The Labute approximate surface area is 95.4 Å². The number of H-pyrrole nitrogens is 1. The smallest absolute Gasteiger partial charge is 0.302 e. The maximum atomic E-state index is 9.82. The Bertz CT molecular complexity index is 460. The first-order valence-corrected chi connectivity index (χ1v) is 5.31. The van der Waals surface area contributed by atoms with Crippen molar-refractivity contribution in [1.82, 2.24) is 4.98 Å². The molecule has 0 aliphatic rings. The lowest BCUT2D eigenvalue weighted by molar-refractivity contribution is -0.140. The van der Waals surface area contributed by atoms with Gasteiger partial charge in [-0.2, -0.15) is 0 Å². The van der Waals surface area contributed by atoms with Crippen LogP contribution in [0.5, 0.6) is 0 Å². The number of para-hydroxylation sites is 1. The molecule has 1 aromatic heterocycles. The van der Waals surface area contributed by atoms with Crippen LogP contribution in [0.3, 0.4) is 0 Å². The number of carbonyl (C=O) groups excluding carboxylic acids is 1. The van der Waals surface area contributed by atoms with Crippen molar-refractivity contribution in [2.75, 3.05) is 6.61 Å². The van der Waals surface area contributed by atoms with E-state index in [0.717, 1.165) is 0 Å². The highest BCUT2D eigenvalue weighted by Crippen LogP contribution is 2.15. The summed E-state index contributed by atoms with van der Waals surface area (Å²) in [5.74, 6) is -0.211. The topological polar surface area (TPSA) is 42.1 Å². The molecule has 86 valence electrons. The fourth-order valence-corrected chi connectivity index (χ4v) is 1.42. The molecule has 16 heavy (non-hydrogen) atoms. The van der Waals surface area contributed by atoms with Gasteiger partial charge in [-0.1, -0.05) is 18.2 Å². The van der Waals surface area contributed by atoms with Gasteiger partial charge in [0.1, 0.15) is 0 Å². The first-order chi connectivity index (χ1) is 7.65. The SMILES string of the molecule is CCOC(C)=O.Cc1c[nH]c2ccccc12. The van der Waals surface area contributed by atoms with Crippen LogP contribution in [0, 0.1) is 6.92 Å². The molecule has 0 radical (unpaired) electrons. The molecular weight excluding hydrogens is 202 g/mol. The first-order valence-electron chi connectivity index (χ1n) is 5.31. The second kappa shape index (κ2) is 5.95. The zero-order valence-electron chi connectivity index (χ0n) is 9.91. The average Bonchev–Trinajstić information content (AvgIpc) is 2.62. The fourth-order valence-electron chi connectivity index (χ4n) is 1.42. The van der Waals surface area contributed by atoms with Crippen LogP contribution in [-0.4, -0.2) is 17.6 Å². The first kappa shape index (κ1) is 12.3. The van der Waals surface area contributed by atoms with E-state index in [9.17, 15) is 4.79 Å². The lowest BCUT2D eigenvalue weighted by atomic mass is 10.2. The molecule has 0 atom stereocenters. The summed E-state index contributed by atoms with van der Waals surface area (Å²) in [6, 6.07) is 8.31. The number of aromatic amines is 1. The van der Waals surface area contributed by atoms with E-state index in [1.807, 2.05) is 12.3 Å². The number of esters is 1. The van der Waals surface area contributed by atoms with E-state index in [-0.39, 0.29) is 5.97 Å². The van der Waals surface area contributed by atoms with Crippen LogP contribution in [0.1, 0.15) is 19.4 Å². The molecule has 3 heteroatoms. The van der Waals surface area contributed by atoms with Gasteiger partial charge in [0.2, 0.25) is 0 Å². The number of aryl methyl sites for hydroxylation is 1. The van der Waals surface area contributed by atoms with E-state index < -0.39 is 0 Å². The predicted molar refractivity (Wildman–Crippen MR) is 65.3 cm³/mol. The van der Waals surface area contributed by atoms with E-state index in [2.05, 4.69) is 34.8 Å². The number of benzene rings is 1. The molecule has 1 N–H and O–H groups in total. The highest BCUT2D eigenvalue weighted by atomic mass is 16.5. The summed E-state index contributed by atoms with van der Waals surface area (Å²) in [7, 11) is 0. The van der Waals surface area contributed by atoms with Gasteiger partial charge < -0.3 is 9.72 Å². The normalized spacial score (nSPS) is 9.44. The summed E-state index contributed by atoms with van der Waals surface area (Å²) in [6.07, 6.45) is 2.03. The van der Waals surface area contributed by atoms with Crippen LogP contribution in [0.25, 0.3) is 10.9 Å². The van der Waals surface area contributed by atoms with Gasteiger partial charge in [0.25, 0.3) is 0 Å². The molecule has 1 heterocycles. The molecule has 0 bridgehead atoms. The van der Waals surface area contributed by atoms with E-state index in [1.54, 1.807) is 6.92 Å². The standard InChI is InChI=1S/C9H9N.C4H8O2/c1-7-6-10-9-5-3-2-4-8(7)9;1-3-6-4(2)5/h2-6,10H,1H3;3H2,1-2H3. The second-order valence-electron chi connectivity index (χ2n) is 3.44. The van der Waals surface area contributed by atoms with Gasteiger partial charge in [-0.25, -0.2) is 0 Å². The van der Waals surface area contributed by atoms with Crippen molar-refractivity contribution in [1.29, 1.82) is 0 Å². The van der Waals surface area contributed by atoms with Crippen LogP contribution in [-0.2, 0) is 9.53 Å². The molecule has 2 aromatic rings. The molecule has 2 rings (SSSR count). The van der Waals surface area contributed by atoms with E-state index in [0.29, 0.717) is 6.61 Å². The molecular formula is C13H17NO2. The van der Waals surface area contributed by atoms with Gasteiger partial charge in [0.15, 0.2) is 0 Å². The number of nitrogens with one attached hydrogen (secondary N) is 1. The molecule has 0 saturated heterocycles. The lowest BCUT2D eigenvalue weighted by Crippen LogP contribution is -1.95. The monoisotopic (exact) mass is 219 g/mol. The zero-order chi connectivity index (χ0) is 12.0. The molecule has 0 unspecified atom stereocenters. The van der Waals surface area contributed by atoms with Crippen molar-refractivity contribution >= 4 is 16.9 Å². The summed E-state index contributed by atoms with van der Waals surface area (Å²) >= 11 is 0. The Morgan fingerprint density at radius 3 is 2.56 bits per heavy atom. The van der Waals surface area contributed by atoms with Gasteiger partial charge in [-0.15, -0.1) is 0 Å². The summed E-state index contributed by atoms with van der Waals surface area (Å²) < 4.78 is 4.40. The summed E-state index contributed by atoms with van der Waals surface area (Å²) in [4.78, 5) is 13.0. The minimum atomic E-state index is -0.211. The van der Waals surface area contributed by atoms with Crippen molar-refractivity contribution in [3.05, 3.63) is 36.0 Å². The van der Waals surface area contributed by atoms with Crippen LogP contribution < -0.4 is 0 Å². The molecule has 0 spiro atoms. The minimum Gasteiger partial charge on any atom is -0.466 e. The molecule has 3 nitrogen and oxygen atoms in total. The predicted octanol–water partition coefficient (Wildman–Crippen LogP) is 3.05. The molecule has 0 fully saturated rings. The van der Waals surface area contributed by atoms with Crippen LogP contribution in [0.4, 0.5) is 0 Å². The van der Waals surface area contributed by atoms with Crippen molar-refractivity contribution in [3.63, 3.8) is 0 Å². The molecule has 1 aromatic carbocycles. The number of fused-ring (bicyclic) bond motifs is 1. The van der Waals surface area contributed by atoms with Gasteiger partial charge in [0, 0.05) is 24.0 Å². The number of hydrogen-bond acceptors (Lipinski definition) is 2. The van der Waals surface area contributed by atoms with Crippen molar-refractivity contribution < 1.29 is 9.53 Å². The highest BCUT2D eigenvalue weighted by Gasteiger charge is 1.94. The van der Waals surface area contributed by atoms with Crippen molar-refractivity contribution in [2.45, 2.75) is 20.8 Å². The summed E-state index contributed by atoms with van der Waals surface area (Å²) in [5.41, 5.74) is 2.54. The molecule has 0 aliphatic heterocycles. The fraction of sp³-hybridized carbons (Fsp3) is 0.308. The van der Waals surface area contributed by atoms with Crippen molar-refractivity contribution in [3.8, 4) is 0 Å². The van der Waals surface area contributed by atoms with Gasteiger partial charge in [0.05, 0.1) is 6.61 Å². The van der Waals surface area contributed by atoms with Crippen LogP contribution in [0.2, 0.25) is 0 Å². The largest absolute Gasteiger partial charge is 0.466 e. The minimum absolute atomic E-state index is 0.211. The number of rotatable bonds is 1. The van der Waals surface area contributed by atoms with Gasteiger partial charge in [-0.3, -0.25) is 4.79 Å². The van der Waals surface area contributed by atoms with E-state index in [1.165, 1.54) is 23.4 Å². The molecule has 0 amide bonds. The van der Waals surface area contributed by atoms with Crippen LogP contribution >= 0.6 is 0 Å². The number of hydrogen-bond donors (Lipinski definition) is 1. The van der Waals surface area contributed by atoms with Gasteiger partial charge in [-0.05, 0) is 25.5 Å². The van der Waals surface area contributed by atoms with E-state index in [4.69, 9.17) is 0 Å². The quantitative estimate of drug-likeness (QED) is 0.749. The Hall–Kier alpha value is -1.77. The van der Waals surface area contributed by atoms with Crippen molar-refractivity contribution in [2.24, 2.45) is 0 Å². The third-order valence-electron chi connectivity index (χ3n) is 2.14. The summed E-state index contributed by atoms with van der Waals surface area (Å²) in [5, 5.41) is 1.32. The third-order valence-corrected chi connectivity index (χ3v) is 2.14. The Balaban J connectivity index is 0.000000187. The molecule has 0 saturated carbocycles. The maximum Gasteiger partial charge on any atom is 0.302 e. The third kappa shape index (κ3) is 3.42. The summed E-state index contributed by atoms with van der Waals surface area (Å²) in [6.45, 7) is 5.76. The molecule has 0 aliphatic carbocycles. The Kier molecular flexibility index (Phi) is 4.58. The Morgan fingerprint density at radius 1 is 1.38 bits per heavy atom. The number of aromatic nitrogens is 1. The average molecular weight is 219 g/mol. The van der Waals surface area contributed by atoms with Gasteiger partial charge >= 0.3 is 5.97 Å². The zero-order valence-corrected chi connectivity index (χ0v) is 9.91. The highest BCUT2D eigenvalue weighted by molar-refractivity contribution is 5.82. The maximum absolute atomic E-state index is 9.82.